The standard InChI is InChI=1S/C10H15N3O4S/c1-8-5-9(7-11-6-8)12-18(16,17)13(2)4-3-10(14)15/h5-7,12H,3-4H2,1-2H3,(H,14,15). The molecule has 2 N–H and O–H groups in total. The first kappa shape index (κ1) is 14.4. The Morgan fingerprint density at radius 2 is 2.17 bits per heavy atom. The fourth-order valence-electron chi connectivity index (χ4n) is 1.21. The molecule has 0 saturated heterocycles. The number of hydrogen-bond acceptors (Lipinski definition) is 4. The van der Waals surface area contributed by atoms with Crippen molar-refractivity contribution in [2.75, 3.05) is 18.3 Å². The van der Waals surface area contributed by atoms with Crippen molar-refractivity contribution in [2.45, 2.75) is 13.3 Å². The van der Waals surface area contributed by atoms with Crippen molar-refractivity contribution in [3.05, 3.63) is 24.0 Å². The van der Waals surface area contributed by atoms with Gasteiger partial charge in [-0.2, -0.15) is 12.7 Å². The lowest BCUT2D eigenvalue weighted by atomic mass is 10.3. The Kier molecular flexibility index (Phi) is 4.62. The Morgan fingerprint density at radius 1 is 1.50 bits per heavy atom. The molecule has 0 aromatic carbocycles. The van der Waals surface area contributed by atoms with Crippen LogP contribution in [-0.4, -0.2) is 42.4 Å². The van der Waals surface area contributed by atoms with Crippen LogP contribution in [0.2, 0.25) is 0 Å². The van der Waals surface area contributed by atoms with Gasteiger partial charge in [-0.3, -0.25) is 14.5 Å². The van der Waals surface area contributed by atoms with E-state index < -0.39 is 16.2 Å². The second kappa shape index (κ2) is 5.78. The minimum absolute atomic E-state index is 0.0933. The molecule has 8 heteroatoms. The summed E-state index contributed by atoms with van der Waals surface area (Å²) in [5, 5.41) is 8.50. The average Bonchev–Trinajstić information content (AvgIpc) is 2.25. The number of pyridine rings is 1. The van der Waals surface area contributed by atoms with Crippen LogP contribution in [0.25, 0.3) is 0 Å². The highest BCUT2D eigenvalue weighted by Gasteiger charge is 2.18. The van der Waals surface area contributed by atoms with Gasteiger partial charge in [0.05, 0.1) is 18.3 Å². The van der Waals surface area contributed by atoms with Gasteiger partial charge in [0.15, 0.2) is 0 Å². The lowest BCUT2D eigenvalue weighted by Crippen LogP contribution is -2.34. The Morgan fingerprint density at radius 3 is 2.72 bits per heavy atom. The number of carboxylic acid groups (broad SMARTS) is 1. The molecule has 0 radical (unpaired) electrons. The predicted molar refractivity (Wildman–Crippen MR) is 66.4 cm³/mol. The van der Waals surface area contributed by atoms with E-state index >= 15 is 0 Å². The molecule has 18 heavy (non-hydrogen) atoms. The minimum atomic E-state index is -3.75. The summed E-state index contributed by atoms with van der Waals surface area (Å²) in [5.74, 6) is -1.05. The summed E-state index contributed by atoms with van der Waals surface area (Å²) in [6.07, 6.45) is 2.74. The lowest BCUT2D eigenvalue weighted by Gasteiger charge is -2.17. The van der Waals surface area contributed by atoms with Gasteiger partial charge in [-0.05, 0) is 18.6 Å². The summed E-state index contributed by atoms with van der Waals surface area (Å²) in [6.45, 7) is 1.70. The molecule has 1 aromatic heterocycles. The summed E-state index contributed by atoms with van der Waals surface area (Å²) >= 11 is 0. The Balaban J connectivity index is 2.72. The largest absolute Gasteiger partial charge is 0.481 e. The molecule has 0 spiro atoms. The number of aliphatic carboxylic acids is 1. The van der Waals surface area contributed by atoms with Crippen LogP contribution >= 0.6 is 0 Å². The van der Waals surface area contributed by atoms with Crippen molar-refractivity contribution >= 4 is 21.9 Å². The van der Waals surface area contributed by atoms with Crippen molar-refractivity contribution in [3.63, 3.8) is 0 Å². The number of nitrogens with one attached hydrogen (secondary N) is 1. The quantitative estimate of drug-likeness (QED) is 0.784. The molecule has 1 rings (SSSR count). The first-order valence-corrected chi connectivity index (χ1v) is 6.63. The molecular weight excluding hydrogens is 258 g/mol. The molecule has 0 aliphatic rings. The molecule has 7 nitrogen and oxygen atoms in total. The van der Waals surface area contributed by atoms with Gasteiger partial charge in [-0.15, -0.1) is 0 Å². The molecule has 0 fully saturated rings. The predicted octanol–water partition coefficient (Wildman–Crippen LogP) is 0.453. The highest BCUT2D eigenvalue weighted by atomic mass is 32.2. The molecule has 0 aliphatic heterocycles. The van der Waals surface area contributed by atoms with E-state index in [2.05, 4.69) is 9.71 Å². The molecule has 0 amide bonds. The Bertz CT molecular complexity index is 530. The number of hydrogen-bond donors (Lipinski definition) is 2. The summed E-state index contributed by atoms with van der Waals surface area (Å²) in [6, 6.07) is 1.63. The van der Waals surface area contributed by atoms with Gasteiger partial charge < -0.3 is 5.11 Å². The summed E-state index contributed by atoms with van der Waals surface area (Å²) < 4.78 is 26.9. The maximum Gasteiger partial charge on any atom is 0.304 e. The van der Waals surface area contributed by atoms with Crippen molar-refractivity contribution in [2.24, 2.45) is 0 Å². The van der Waals surface area contributed by atoms with Crippen LogP contribution < -0.4 is 4.72 Å². The number of rotatable bonds is 6. The Labute approximate surface area is 106 Å². The van der Waals surface area contributed by atoms with Crippen LogP contribution in [0.3, 0.4) is 0 Å². The minimum Gasteiger partial charge on any atom is -0.481 e. The van der Waals surface area contributed by atoms with Gasteiger partial charge in [0.2, 0.25) is 0 Å². The van der Waals surface area contributed by atoms with Gasteiger partial charge in [0.1, 0.15) is 0 Å². The summed E-state index contributed by atoms with van der Waals surface area (Å²) in [4.78, 5) is 14.2. The zero-order valence-corrected chi connectivity index (χ0v) is 10.9. The van der Waals surface area contributed by atoms with E-state index in [1.807, 2.05) is 0 Å². The van der Waals surface area contributed by atoms with Gasteiger partial charge in [-0.1, -0.05) is 0 Å². The number of aryl methyl sites for hydroxylation is 1. The fourth-order valence-corrected chi connectivity index (χ4v) is 2.11. The number of carboxylic acids is 1. The highest BCUT2D eigenvalue weighted by Crippen LogP contribution is 2.11. The maximum absolute atomic E-state index is 11.8. The van der Waals surface area contributed by atoms with Crippen molar-refractivity contribution in [1.29, 1.82) is 0 Å². The van der Waals surface area contributed by atoms with Gasteiger partial charge in [0, 0.05) is 19.8 Å². The third-order valence-corrected chi connectivity index (χ3v) is 3.67. The zero-order valence-electron chi connectivity index (χ0n) is 10.1. The molecule has 0 saturated carbocycles. The monoisotopic (exact) mass is 273 g/mol. The number of anilines is 1. The van der Waals surface area contributed by atoms with E-state index in [9.17, 15) is 13.2 Å². The molecule has 0 aliphatic carbocycles. The maximum atomic E-state index is 11.8. The van der Waals surface area contributed by atoms with Crippen LogP contribution in [0, 0.1) is 6.92 Å². The molecule has 0 bridgehead atoms. The molecule has 0 atom stereocenters. The Hall–Kier alpha value is -1.67. The van der Waals surface area contributed by atoms with E-state index in [1.165, 1.54) is 13.2 Å². The van der Waals surface area contributed by atoms with Gasteiger partial charge in [-0.25, -0.2) is 0 Å². The van der Waals surface area contributed by atoms with E-state index in [1.54, 1.807) is 19.2 Å². The normalized spacial score (nSPS) is 11.5. The zero-order chi connectivity index (χ0) is 13.8. The van der Waals surface area contributed by atoms with Gasteiger partial charge in [0.25, 0.3) is 0 Å². The molecule has 100 valence electrons. The van der Waals surface area contributed by atoms with E-state index in [4.69, 9.17) is 5.11 Å². The lowest BCUT2D eigenvalue weighted by molar-refractivity contribution is -0.137. The number of aromatic nitrogens is 1. The highest BCUT2D eigenvalue weighted by molar-refractivity contribution is 7.90. The van der Waals surface area contributed by atoms with Crippen molar-refractivity contribution < 1.29 is 18.3 Å². The van der Waals surface area contributed by atoms with Crippen LogP contribution in [0.5, 0.6) is 0 Å². The summed E-state index contributed by atoms with van der Waals surface area (Å²) in [7, 11) is -2.43. The summed E-state index contributed by atoms with van der Waals surface area (Å²) in [5.41, 5.74) is 1.17. The molecular formula is C10H15N3O4S. The third-order valence-electron chi connectivity index (χ3n) is 2.17. The molecule has 1 aromatic rings. The SMILES string of the molecule is Cc1cncc(NS(=O)(=O)N(C)CCC(=O)O)c1. The smallest absolute Gasteiger partial charge is 0.304 e. The van der Waals surface area contributed by atoms with Crippen LogP contribution in [0.15, 0.2) is 18.5 Å². The average molecular weight is 273 g/mol. The molecule has 0 unspecified atom stereocenters. The van der Waals surface area contributed by atoms with E-state index in [-0.39, 0.29) is 13.0 Å². The second-order valence-corrected chi connectivity index (χ2v) is 5.60. The first-order valence-electron chi connectivity index (χ1n) is 5.19. The van der Waals surface area contributed by atoms with E-state index in [0.29, 0.717) is 5.69 Å². The van der Waals surface area contributed by atoms with Gasteiger partial charge >= 0.3 is 16.2 Å². The van der Waals surface area contributed by atoms with Crippen molar-refractivity contribution in [1.82, 2.24) is 9.29 Å². The third kappa shape index (κ3) is 4.30. The second-order valence-electron chi connectivity index (χ2n) is 3.82. The number of nitrogens with zero attached hydrogens (tertiary/aromatic N) is 2. The topological polar surface area (TPSA) is 99.6 Å². The number of carbonyl (C=O) groups is 1. The first-order chi connectivity index (χ1) is 8.31. The van der Waals surface area contributed by atoms with Crippen molar-refractivity contribution in [3.8, 4) is 0 Å². The fraction of sp³-hybridized carbons (Fsp3) is 0.400. The van der Waals surface area contributed by atoms with Crippen LogP contribution in [0.4, 0.5) is 5.69 Å². The molecule has 1 heterocycles. The van der Waals surface area contributed by atoms with Crippen LogP contribution in [-0.2, 0) is 15.0 Å². The van der Waals surface area contributed by atoms with E-state index in [0.717, 1.165) is 9.87 Å². The van der Waals surface area contributed by atoms with Crippen LogP contribution in [0.1, 0.15) is 12.0 Å².